The minimum atomic E-state index is -3.68. The molecule has 1 aliphatic heterocycles. The fourth-order valence-corrected chi connectivity index (χ4v) is 6.89. The molecule has 0 radical (unpaired) electrons. The van der Waals surface area contributed by atoms with Gasteiger partial charge in [0.2, 0.25) is 26.0 Å². The third kappa shape index (κ3) is 6.41. The molecule has 8 nitrogen and oxygen atoms in total. The molecule has 0 bridgehead atoms. The highest BCUT2D eigenvalue weighted by Crippen LogP contribution is 2.29. The molecule has 11 heteroatoms. The van der Waals surface area contributed by atoms with E-state index in [1.54, 1.807) is 13.8 Å². The van der Waals surface area contributed by atoms with Crippen molar-refractivity contribution < 1.29 is 21.6 Å². The Balaban J connectivity index is 2.08. The molecule has 1 heterocycles. The van der Waals surface area contributed by atoms with Crippen LogP contribution in [0.3, 0.4) is 0 Å². The molecule has 0 atom stereocenters. The molecule has 1 amide bonds. The lowest BCUT2D eigenvalue weighted by molar-refractivity contribution is -0.120. The lowest BCUT2D eigenvalue weighted by Gasteiger charge is -2.30. The van der Waals surface area contributed by atoms with Crippen LogP contribution in [0.4, 0.5) is 5.69 Å². The third-order valence-corrected chi connectivity index (χ3v) is 9.84. The molecule has 1 saturated heterocycles. The van der Waals surface area contributed by atoms with Crippen LogP contribution in [-0.4, -0.2) is 63.3 Å². The Labute approximate surface area is 191 Å². The summed E-state index contributed by atoms with van der Waals surface area (Å²) in [5.74, 6) is -0.523. The first-order chi connectivity index (χ1) is 14.6. The second-order valence-electron chi connectivity index (χ2n) is 7.56. The van der Waals surface area contributed by atoms with Crippen LogP contribution in [0.15, 0.2) is 23.1 Å². The van der Waals surface area contributed by atoms with E-state index in [1.165, 1.54) is 26.8 Å². The standard InChI is InChI=1S/C20H32ClN3O5S2/c1-4-7-14-30(26,27)24-12-10-16(11-13-24)20(25)22-19-15-17(8-9-18(19)21)31(28,29)23(5-2)6-3/h8-9,15-16H,4-7,10-14H2,1-3H3,(H,22,25). The highest BCUT2D eigenvalue weighted by molar-refractivity contribution is 7.89. The van der Waals surface area contributed by atoms with Crippen LogP contribution in [-0.2, 0) is 24.8 Å². The number of anilines is 1. The summed E-state index contributed by atoms with van der Waals surface area (Å²) in [7, 11) is -6.97. The summed E-state index contributed by atoms with van der Waals surface area (Å²) in [5, 5.41) is 2.98. The normalized spacial score (nSPS) is 16.5. The summed E-state index contributed by atoms with van der Waals surface area (Å²) in [6, 6.07) is 4.25. The minimum absolute atomic E-state index is 0.0627. The summed E-state index contributed by atoms with van der Waals surface area (Å²) in [5.41, 5.74) is 0.234. The van der Waals surface area contributed by atoms with E-state index < -0.39 is 20.0 Å². The average molecular weight is 494 g/mol. The van der Waals surface area contributed by atoms with Gasteiger partial charge in [0.05, 0.1) is 21.4 Å². The number of rotatable bonds is 10. The Hall–Kier alpha value is -1.20. The molecular weight excluding hydrogens is 462 g/mol. The Kier molecular flexibility index (Phi) is 9.32. The van der Waals surface area contributed by atoms with E-state index in [0.717, 1.165) is 6.42 Å². The molecule has 1 aromatic rings. The van der Waals surface area contributed by atoms with Gasteiger partial charge in [-0.25, -0.2) is 21.1 Å². The smallest absolute Gasteiger partial charge is 0.243 e. The van der Waals surface area contributed by atoms with Gasteiger partial charge >= 0.3 is 0 Å². The van der Waals surface area contributed by atoms with Crippen molar-refractivity contribution >= 4 is 43.2 Å². The van der Waals surface area contributed by atoms with Crippen molar-refractivity contribution in [3.63, 3.8) is 0 Å². The maximum Gasteiger partial charge on any atom is 0.243 e. The number of unbranched alkanes of at least 4 members (excludes halogenated alkanes) is 1. The highest BCUT2D eigenvalue weighted by atomic mass is 35.5. The number of nitrogens with one attached hydrogen (secondary N) is 1. The summed E-state index contributed by atoms with van der Waals surface area (Å²) < 4.78 is 53.0. The SMILES string of the molecule is CCCCS(=O)(=O)N1CCC(C(=O)Nc2cc(S(=O)(=O)N(CC)CC)ccc2Cl)CC1. The van der Waals surface area contributed by atoms with E-state index in [1.807, 2.05) is 6.92 Å². The van der Waals surface area contributed by atoms with Crippen LogP contribution in [0.1, 0.15) is 46.5 Å². The fourth-order valence-electron chi connectivity index (χ4n) is 3.56. The number of hydrogen-bond donors (Lipinski definition) is 1. The van der Waals surface area contributed by atoms with Crippen LogP contribution in [0.2, 0.25) is 5.02 Å². The number of nitrogens with zero attached hydrogens (tertiary/aromatic N) is 2. The molecule has 1 fully saturated rings. The Morgan fingerprint density at radius 2 is 1.74 bits per heavy atom. The van der Waals surface area contributed by atoms with Gasteiger partial charge in [0.15, 0.2) is 0 Å². The molecule has 2 rings (SSSR count). The lowest BCUT2D eigenvalue weighted by Crippen LogP contribution is -2.42. The van der Waals surface area contributed by atoms with E-state index in [2.05, 4.69) is 5.32 Å². The summed E-state index contributed by atoms with van der Waals surface area (Å²) in [6.45, 7) is 6.73. The number of halogens is 1. The zero-order chi connectivity index (χ0) is 23.2. The lowest BCUT2D eigenvalue weighted by atomic mass is 9.97. The highest BCUT2D eigenvalue weighted by Gasteiger charge is 2.31. The first kappa shape index (κ1) is 26.1. The van der Waals surface area contributed by atoms with Crippen LogP contribution in [0.5, 0.6) is 0 Å². The number of piperidine rings is 1. The fraction of sp³-hybridized carbons (Fsp3) is 0.650. The zero-order valence-corrected chi connectivity index (χ0v) is 20.7. The van der Waals surface area contributed by atoms with Crippen LogP contribution in [0.25, 0.3) is 0 Å². The van der Waals surface area contributed by atoms with Gasteiger partial charge in [0.25, 0.3) is 0 Å². The molecule has 0 saturated carbocycles. The quantitative estimate of drug-likeness (QED) is 0.539. The van der Waals surface area contributed by atoms with Gasteiger partial charge in [-0.1, -0.05) is 38.8 Å². The Morgan fingerprint density at radius 3 is 2.29 bits per heavy atom. The van der Waals surface area contributed by atoms with Crippen molar-refractivity contribution in [1.82, 2.24) is 8.61 Å². The Morgan fingerprint density at radius 1 is 1.13 bits per heavy atom. The van der Waals surface area contributed by atoms with E-state index in [0.29, 0.717) is 45.4 Å². The second kappa shape index (κ2) is 11.1. The van der Waals surface area contributed by atoms with Crippen molar-refractivity contribution in [3.05, 3.63) is 23.2 Å². The van der Waals surface area contributed by atoms with Crippen molar-refractivity contribution in [1.29, 1.82) is 0 Å². The number of carbonyl (C=O) groups excluding carboxylic acids is 1. The van der Waals surface area contributed by atoms with Gasteiger partial charge in [-0.3, -0.25) is 4.79 Å². The maximum atomic E-state index is 12.8. The monoisotopic (exact) mass is 493 g/mol. The molecule has 1 aromatic carbocycles. The molecule has 0 spiro atoms. The molecule has 176 valence electrons. The predicted octanol–water partition coefficient (Wildman–Crippen LogP) is 3.15. The number of benzene rings is 1. The van der Waals surface area contributed by atoms with Gasteiger partial charge in [0, 0.05) is 32.1 Å². The molecule has 0 aliphatic carbocycles. The van der Waals surface area contributed by atoms with Gasteiger partial charge in [-0.2, -0.15) is 4.31 Å². The van der Waals surface area contributed by atoms with Crippen molar-refractivity contribution in [2.75, 3.05) is 37.2 Å². The topological polar surface area (TPSA) is 104 Å². The number of sulfonamides is 2. The summed E-state index contributed by atoms with van der Waals surface area (Å²) in [6.07, 6.45) is 2.24. The largest absolute Gasteiger partial charge is 0.324 e. The van der Waals surface area contributed by atoms with Crippen LogP contribution in [0, 0.1) is 5.92 Å². The van der Waals surface area contributed by atoms with Crippen LogP contribution < -0.4 is 5.32 Å². The molecule has 0 aromatic heterocycles. The van der Waals surface area contributed by atoms with E-state index in [4.69, 9.17) is 11.6 Å². The average Bonchev–Trinajstić information content (AvgIpc) is 2.74. The summed E-state index contributed by atoms with van der Waals surface area (Å²) >= 11 is 6.20. The van der Waals surface area contributed by atoms with Gasteiger partial charge in [-0.05, 0) is 37.5 Å². The molecule has 31 heavy (non-hydrogen) atoms. The van der Waals surface area contributed by atoms with Crippen molar-refractivity contribution in [2.45, 2.75) is 51.3 Å². The van der Waals surface area contributed by atoms with E-state index >= 15 is 0 Å². The van der Waals surface area contributed by atoms with Gasteiger partial charge in [-0.15, -0.1) is 0 Å². The predicted molar refractivity (Wildman–Crippen MR) is 123 cm³/mol. The molecule has 0 unspecified atom stereocenters. The Bertz CT molecular complexity index is 971. The van der Waals surface area contributed by atoms with E-state index in [9.17, 15) is 21.6 Å². The van der Waals surface area contributed by atoms with E-state index in [-0.39, 0.29) is 33.2 Å². The zero-order valence-electron chi connectivity index (χ0n) is 18.3. The van der Waals surface area contributed by atoms with Crippen molar-refractivity contribution in [3.8, 4) is 0 Å². The number of amides is 1. The molecule has 1 N–H and O–H groups in total. The number of carbonyl (C=O) groups is 1. The minimum Gasteiger partial charge on any atom is -0.324 e. The molecular formula is C20H32ClN3O5S2. The van der Waals surface area contributed by atoms with Gasteiger partial charge in [0.1, 0.15) is 0 Å². The molecule has 1 aliphatic rings. The number of hydrogen-bond acceptors (Lipinski definition) is 5. The first-order valence-corrected chi connectivity index (χ1v) is 14.1. The maximum absolute atomic E-state index is 12.8. The second-order valence-corrected chi connectivity index (χ2v) is 12.0. The van der Waals surface area contributed by atoms with Crippen LogP contribution >= 0.6 is 11.6 Å². The van der Waals surface area contributed by atoms with Gasteiger partial charge < -0.3 is 5.32 Å². The third-order valence-electron chi connectivity index (χ3n) is 5.51. The first-order valence-electron chi connectivity index (χ1n) is 10.6. The summed E-state index contributed by atoms with van der Waals surface area (Å²) in [4.78, 5) is 12.8. The van der Waals surface area contributed by atoms with Crippen molar-refractivity contribution in [2.24, 2.45) is 5.92 Å².